The van der Waals surface area contributed by atoms with Crippen molar-refractivity contribution in [3.05, 3.63) is 29.6 Å². The Labute approximate surface area is 100 Å². The second-order valence-electron chi connectivity index (χ2n) is 3.66. The number of nitrogens with zero attached hydrogens (tertiary/aromatic N) is 2. The molecule has 0 aliphatic rings. The highest BCUT2D eigenvalue weighted by atomic mass is 16.4. The molecule has 1 N–H and O–H groups in total. The Kier molecular flexibility index (Phi) is 4.63. The zero-order chi connectivity index (χ0) is 12.8. The molecular formula is C12H16N2O3. The fourth-order valence-corrected chi connectivity index (χ4v) is 1.51. The standard InChI is InChI=1S/C12H16N2O3/c1-3-14(8-6-11(15)16)12(17)10-5-4-7-13-9(10)2/h4-5,7H,3,6,8H2,1-2H3,(H,15,16). The number of rotatable bonds is 5. The molecule has 0 saturated heterocycles. The first kappa shape index (κ1) is 13.2. The van der Waals surface area contributed by atoms with E-state index >= 15 is 0 Å². The van der Waals surface area contributed by atoms with Crippen molar-refractivity contribution in [2.75, 3.05) is 13.1 Å². The van der Waals surface area contributed by atoms with Crippen molar-refractivity contribution in [1.29, 1.82) is 0 Å². The van der Waals surface area contributed by atoms with Crippen molar-refractivity contribution >= 4 is 11.9 Å². The van der Waals surface area contributed by atoms with E-state index in [4.69, 9.17) is 5.11 Å². The monoisotopic (exact) mass is 236 g/mol. The highest BCUT2D eigenvalue weighted by Crippen LogP contribution is 2.08. The molecule has 0 bridgehead atoms. The first-order valence-corrected chi connectivity index (χ1v) is 5.49. The van der Waals surface area contributed by atoms with Crippen molar-refractivity contribution < 1.29 is 14.7 Å². The van der Waals surface area contributed by atoms with Gasteiger partial charge in [-0.15, -0.1) is 0 Å². The minimum Gasteiger partial charge on any atom is -0.481 e. The molecule has 0 spiro atoms. The van der Waals surface area contributed by atoms with E-state index in [1.165, 1.54) is 4.90 Å². The van der Waals surface area contributed by atoms with Gasteiger partial charge >= 0.3 is 5.97 Å². The minimum absolute atomic E-state index is 0.0428. The Balaban J connectivity index is 2.79. The molecule has 0 aliphatic heterocycles. The molecule has 1 heterocycles. The van der Waals surface area contributed by atoms with Gasteiger partial charge in [0.15, 0.2) is 0 Å². The van der Waals surface area contributed by atoms with E-state index in [1.54, 1.807) is 25.3 Å². The van der Waals surface area contributed by atoms with Crippen LogP contribution >= 0.6 is 0 Å². The van der Waals surface area contributed by atoms with E-state index in [0.717, 1.165) is 0 Å². The lowest BCUT2D eigenvalue weighted by Crippen LogP contribution is -2.33. The third kappa shape index (κ3) is 3.55. The predicted octanol–water partition coefficient (Wildman–Crippen LogP) is 1.33. The molecule has 0 aromatic carbocycles. The van der Waals surface area contributed by atoms with Crippen molar-refractivity contribution in [2.45, 2.75) is 20.3 Å². The summed E-state index contributed by atoms with van der Waals surface area (Å²) in [5, 5.41) is 8.61. The van der Waals surface area contributed by atoms with Crippen LogP contribution in [0.3, 0.4) is 0 Å². The number of amides is 1. The molecule has 5 heteroatoms. The Morgan fingerprint density at radius 2 is 2.18 bits per heavy atom. The van der Waals surface area contributed by atoms with Crippen LogP contribution in [0.15, 0.2) is 18.3 Å². The summed E-state index contributed by atoms with van der Waals surface area (Å²) >= 11 is 0. The van der Waals surface area contributed by atoms with Gasteiger partial charge in [0.05, 0.1) is 12.0 Å². The number of hydrogen-bond acceptors (Lipinski definition) is 3. The first-order chi connectivity index (χ1) is 8.06. The molecule has 1 amide bonds. The third-order valence-corrected chi connectivity index (χ3v) is 2.50. The van der Waals surface area contributed by atoms with Crippen LogP contribution in [0.5, 0.6) is 0 Å². The number of aromatic nitrogens is 1. The van der Waals surface area contributed by atoms with Gasteiger partial charge in [0.1, 0.15) is 0 Å². The maximum Gasteiger partial charge on any atom is 0.305 e. The Morgan fingerprint density at radius 1 is 1.47 bits per heavy atom. The lowest BCUT2D eigenvalue weighted by molar-refractivity contribution is -0.137. The van der Waals surface area contributed by atoms with Crippen molar-refractivity contribution in [3.63, 3.8) is 0 Å². The van der Waals surface area contributed by atoms with Gasteiger partial charge in [0, 0.05) is 25.0 Å². The number of carboxylic acids is 1. The number of hydrogen-bond donors (Lipinski definition) is 1. The van der Waals surface area contributed by atoms with E-state index in [9.17, 15) is 9.59 Å². The van der Waals surface area contributed by atoms with Crippen LogP contribution in [0.2, 0.25) is 0 Å². The van der Waals surface area contributed by atoms with Crippen molar-refractivity contribution in [3.8, 4) is 0 Å². The summed E-state index contributed by atoms with van der Waals surface area (Å²) in [6.07, 6.45) is 1.58. The third-order valence-electron chi connectivity index (χ3n) is 2.50. The summed E-state index contributed by atoms with van der Waals surface area (Å²) in [4.78, 5) is 28.2. The lowest BCUT2D eigenvalue weighted by Gasteiger charge is -2.20. The van der Waals surface area contributed by atoms with Gasteiger partial charge in [-0.1, -0.05) is 0 Å². The molecule has 0 unspecified atom stereocenters. The Bertz CT molecular complexity index is 418. The molecule has 1 aromatic heterocycles. The largest absolute Gasteiger partial charge is 0.481 e. The van der Waals surface area contributed by atoms with E-state index in [2.05, 4.69) is 4.98 Å². The topological polar surface area (TPSA) is 70.5 Å². The molecule has 1 rings (SSSR count). The normalized spacial score (nSPS) is 10.0. The Morgan fingerprint density at radius 3 is 2.71 bits per heavy atom. The highest BCUT2D eigenvalue weighted by Gasteiger charge is 2.17. The molecule has 0 atom stereocenters. The Hall–Kier alpha value is -1.91. The molecule has 0 fully saturated rings. The predicted molar refractivity (Wildman–Crippen MR) is 62.8 cm³/mol. The smallest absolute Gasteiger partial charge is 0.305 e. The van der Waals surface area contributed by atoms with Crippen LogP contribution < -0.4 is 0 Å². The number of carbonyl (C=O) groups is 2. The van der Waals surface area contributed by atoms with Gasteiger partial charge in [-0.3, -0.25) is 14.6 Å². The van der Waals surface area contributed by atoms with Crippen LogP contribution in [0.1, 0.15) is 29.4 Å². The molecule has 0 saturated carbocycles. The maximum atomic E-state index is 12.1. The molecule has 0 aliphatic carbocycles. The van der Waals surface area contributed by atoms with Gasteiger partial charge in [0.25, 0.3) is 5.91 Å². The molecule has 17 heavy (non-hydrogen) atoms. The highest BCUT2D eigenvalue weighted by molar-refractivity contribution is 5.95. The second kappa shape index (κ2) is 5.98. The van der Waals surface area contributed by atoms with E-state index in [-0.39, 0.29) is 18.9 Å². The first-order valence-electron chi connectivity index (χ1n) is 5.49. The van der Waals surface area contributed by atoms with Crippen LogP contribution in [-0.4, -0.2) is 40.0 Å². The number of aliphatic carboxylic acids is 1. The van der Waals surface area contributed by atoms with E-state index < -0.39 is 5.97 Å². The van der Waals surface area contributed by atoms with Crippen LogP contribution in [0.25, 0.3) is 0 Å². The van der Waals surface area contributed by atoms with Gasteiger partial charge in [0.2, 0.25) is 0 Å². The molecular weight excluding hydrogens is 220 g/mol. The SMILES string of the molecule is CCN(CCC(=O)O)C(=O)c1cccnc1C. The molecule has 92 valence electrons. The zero-order valence-electron chi connectivity index (χ0n) is 10.0. The quantitative estimate of drug-likeness (QED) is 0.837. The van der Waals surface area contributed by atoms with Gasteiger partial charge < -0.3 is 10.0 Å². The van der Waals surface area contributed by atoms with Crippen molar-refractivity contribution in [1.82, 2.24) is 9.88 Å². The summed E-state index contributed by atoms with van der Waals surface area (Å²) < 4.78 is 0. The van der Waals surface area contributed by atoms with Crippen LogP contribution in [-0.2, 0) is 4.79 Å². The summed E-state index contributed by atoms with van der Waals surface area (Å²) in [5.41, 5.74) is 1.19. The van der Waals surface area contributed by atoms with Gasteiger partial charge in [-0.2, -0.15) is 0 Å². The number of carboxylic acid groups (broad SMARTS) is 1. The summed E-state index contributed by atoms with van der Waals surface area (Å²) in [7, 11) is 0. The average Bonchev–Trinajstić information content (AvgIpc) is 2.29. The molecule has 5 nitrogen and oxygen atoms in total. The molecule has 1 aromatic rings. The fraction of sp³-hybridized carbons (Fsp3) is 0.417. The zero-order valence-corrected chi connectivity index (χ0v) is 10.0. The summed E-state index contributed by atoms with van der Waals surface area (Å²) in [6, 6.07) is 3.40. The average molecular weight is 236 g/mol. The van der Waals surface area contributed by atoms with E-state index in [1.807, 2.05) is 6.92 Å². The molecule has 0 radical (unpaired) electrons. The van der Waals surface area contributed by atoms with Gasteiger partial charge in [-0.05, 0) is 26.0 Å². The maximum absolute atomic E-state index is 12.1. The number of pyridine rings is 1. The number of carbonyl (C=O) groups excluding carboxylic acids is 1. The lowest BCUT2D eigenvalue weighted by atomic mass is 10.1. The second-order valence-corrected chi connectivity index (χ2v) is 3.66. The fourth-order valence-electron chi connectivity index (χ4n) is 1.51. The summed E-state index contributed by atoms with van der Waals surface area (Å²) in [6.45, 7) is 4.29. The minimum atomic E-state index is -0.904. The van der Waals surface area contributed by atoms with E-state index in [0.29, 0.717) is 17.8 Å². The van der Waals surface area contributed by atoms with Crippen molar-refractivity contribution in [2.24, 2.45) is 0 Å². The van der Waals surface area contributed by atoms with Gasteiger partial charge in [-0.25, -0.2) is 0 Å². The van der Waals surface area contributed by atoms with Crippen LogP contribution in [0.4, 0.5) is 0 Å². The van der Waals surface area contributed by atoms with Crippen LogP contribution in [0, 0.1) is 6.92 Å². The summed E-state index contributed by atoms with van der Waals surface area (Å²) in [5.74, 6) is -1.07. The number of aryl methyl sites for hydroxylation is 1.